The fourth-order valence-electron chi connectivity index (χ4n) is 1.99. The topological polar surface area (TPSA) is 91.0 Å². The van der Waals surface area contributed by atoms with Gasteiger partial charge in [-0.25, -0.2) is 9.18 Å². The van der Waals surface area contributed by atoms with Crippen molar-refractivity contribution >= 4 is 18.4 Å². The summed E-state index contributed by atoms with van der Waals surface area (Å²) >= 11 is 0. The number of unbranched alkanes of at least 4 members (excludes halogenated alkanes) is 2. The first-order valence-corrected chi connectivity index (χ1v) is 8.12. The number of aliphatic carboxylic acids is 1. The van der Waals surface area contributed by atoms with E-state index in [9.17, 15) is 9.18 Å². The molecule has 1 aromatic carbocycles. The van der Waals surface area contributed by atoms with E-state index in [0.29, 0.717) is 44.2 Å². The third-order valence-corrected chi connectivity index (χ3v) is 3.24. The molecular formula is C17H27ClFNO5. The number of rotatable bonds is 14. The van der Waals surface area contributed by atoms with Crippen molar-refractivity contribution in [1.29, 1.82) is 0 Å². The van der Waals surface area contributed by atoms with Gasteiger partial charge >= 0.3 is 5.97 Å². The highest BCUT2D eigenvalue weighted by Crippen LogP contribution is 2.16. The van der Waals surface area contributed by atoms with Gasteiger partial charge < -0.3 is 25.1 Å². The zero-order valence-electron chi connectivity index (χ0n) is 14.2. The van der Waals surface area contributed by atoms with Crippen molar-refractivity contribution in [2.45, 2.75) is 32.2 Å². The fraction of sp³-hybridized carbons (Fsp3) is 0.588. The summed E-state index contributed by atoms with van der Waals surface area (Å²) in [7, 11) is 0. The van der Waals surface area contributed by atoms with Crippen LogP contribution in [0.4, 0.5) is 4.39 Å². The van der Waals surface area contributed by atoms with Crippen LogP contribution in [0, 0.1) is 5.82 Å². The summed E-state index contributed by atoms with van der Waals surface area (Å²) < 4.78 is 29.2. The van der Waals surface area contributed by atoms with Gasteiger partial charge in [0.25, 0.3) is 0 Å². The standard InChI is InChI=1S/C17H26FNO5.ClH/c18-16-6-5-15(11-14(16)12-19)24-10-3-1-2-7-22-8-4-9-23-13-17(20)21;/h5-6,11H,1-4,7-10,12-13,19H2,(H,20,21);1H. The third-order valence-electron chi connectivity index (χ3n) is 3.24. The molecule has 0 saturated carbocycles. The summed E-state index contributed by atoms with van der Waals surface area (Å²) in [5.74, 6) is -0.636. The summed E-state index contributed by atoms with van der Waals surface area (Å²) in [5.41, 5.74) is 5.90. The molecule has 144 valence electrons. The lowest BCUT2D eigenvalue weighted by Crippen LogP contribution is -2.09. The number of halogens is 2. The molecule has 0 aliphatic heterocycles. The number of nitrogens with two attached hydrogens (primary N) is 1. The van der Waals surface area contributed by atoms with Crippen molar-refractivity contribution in [3.63, 3.8) is 0 Å². The summed E-state index contributed by atoms with van der Waals surface area (Å²) in [6, 6.07) is 4.60. The maximum Gasteiger partial charge on any atom is 0.329 e. The Morgan fingerprint density at radius 2 is 1.72 bits per heavy atom. The number of hydrogen-bond acceptors (Lipinski definition) is 5. The molecule has 0 atom stereocenters. The van der Waals surface area contributed by atoms with Crippen molar-refractivity contribution in [2.24, 2.45) is 5.73 Å². The van der Waals surface area contributed by atoms with Crippen LogP contribution in [0.2, 0.25) is 0 Å². The molecule has 0 amide bonds. The van der Waals surface area contributed by atoms with Gasteiger partial charge in [0.15, 0.2) is 0 Å². The fourth-order valence-corrected chi connectivity index (χ4v) is 1.99. The lowest BCUT2D eigenvalue weighted by Gasteiger charge is -2.08. The molecule has 1 aromatic rings. The Morgan fingerprint density at radius 1 is 1.04 bits per heavy atom. The minimum absolute atomic E-state index is 0. The molecule has 0 fully saturated rings. The third kappa shape index (κ3) is 11.7. The van der Waals surface area contributed by atoms with Crippen molar-refractivity contribution < 1.29 is 28.5 Å². The van der Waals surface area contributed by atoms with Crippen LogP contribution in [0.25, 0.3) is 0 Å². The molecule has 0 radical (unpaired) electrons. The van der Waals surface area contributed by atoms with E-state index in [2.05, 4.69) is 0 Å². The van der Waals surface area contributed by atoms with E-state index >= 15 is 0 Å². The maximum absolute atomic E-state index is 13.3. The van der Waals surface area contributed by atoms with Crippen LogP contribution in [0.5, 0.6) is 5.75 Å². The SMILES string of the molecule is Cl.NCc1cc(OCCCCCOCCCOCC(=O)O)ccc1F. The molecule has 0 heterocycles. The Morgan fingerprint density at radius 3 is 2.44 bits per heavy atom. The predicted octanol–water partition coefficient (Wildman–Crippen LogP) is 2.76. The molecule has 0 unspecified atom stereocenters. The van der Waals surface area contributed by atoms with Gasteiger partial charge in [0.2, 0.25) is 0 Å². The molecule has 8 heteroatoms. The maximum atomic E-state index is 13.3. The number of carboxylic acids is 1. The Labute approximate surface area is 153 Å². The minimum atomic E-state index is -0.960. The molecule has 0 spiro atoms. The Balaban J connectivity index is 0.00000576. The highest BCUT2D eigenvalue weighted by molar-refractivity contribution is 5.85. The molecule has 0 aliphatic rings. The van der Waals surface area contributed by atoms with Crippen LogP contribution in [0.3, 0.4) is 0 Å². The van der Waals surface area contributed by atoms with Crippen LogP contribution in [0.15, 0.2) is 18.2 Å². The summed E-state index contributed by atoms with van der Waals surface area (Å²) in [5, 5.41) is 8.38. The van der Waals surface area contributed by atoms with Crippen LogP contribution in [-0.2, 0) is 20.8 Å². The van der Waals surface area contributed by atoms with Crippen molar-refractivity contribution in [1.82, 2.24) is 0 Å². The van der Waals surface area contributed by atoms with Gasteiger partial charge in [-0.05, 0) is 43.9 Å². The molecule has 1 rings (SSSR count). The second-order valence-corrected chi connectivity index (χ2v) is 5.28. The number of benzene rings is 1. The van der Waals surface area contributed by atoms with E-state index in [0.717, 1.165) is 19.3 Å². The molecule has 3 N–H and O–H groups in total. The van der Waals surface area contributed by atoms with Gasteiger partial charge in [-0.1, -0.05) is 0 Å². The van der Waals surface area contributed by atoms with Gasteiger partial charge in [-0.3, -0.25) is 0 Å². The smallest absolute Gasteiger partial charge is 0.329 e. The zero-order chi connectivity index (χ0) is 17.6. The Kier molecular flexibility index (Phi) is 14.1. The summed E-state index contributed by atoms with van der Waals surface area (Å²) in [4.78, 5) is 10.2. The average molecular weight is 380 g/mol. The van der Waals surface area contributed by atoms with E-state index in [1.54, 1.807) is 12.1 Å². The highest BCUT2D eigenvalue weighted by atomic mass is 35.5. The largest absolute Gasteiger partial charge is 0.494 e. The first-order valence-electron chi connectivity index (χ1n) is 8.12. The Hall–Kier alpha value is -1.41. The molecule has 6 nitrogen and oxygen atoms in total. The number of ether oxygens (including phenoxy) is 3. The lowest BCUT2D eigenvalue weighted by atomic mass is 10.2. The van der Waals surface area contributed by atoms with E-state index in [4.69, 9.17) is 25.1 Å². The first kappa shape index (κ1) is 23.6. The highest BCUT2D eigenvalue weighted by Gasteiger charge is 2.02. The van der Waals surface area contributed by atoms with Crippen LogP contribution in [-0.4, -0.2) is 44.1 Å². The van der Waals surface area contributed by atoms with Crippen molar-refractivity contribution in [3.05, 3.63) is 29.6 Å². The van der Waals surface area contributed by atoms with Crippen molar-refractivity contribution in [2.75, 3.05) is 33.0 Å². The number of carbonyl (C=O) groups is 1. The van der Waals surface area contributed by atoms with Crippen LogP contribution < -0.4 is 10.5 Å². The Bertz CT molecular complexity index is 490. The van der Waals surface area contributed by atoms with Gasteiger partial charge in [0.05, 0.1) is 6.61 Å². The van der Waals surface area contributed by atoms with Gasteiger partial charge in [-0.15, -0.1) is 12.4 Å². The minimum Gasteiger partial charge on any atom is -0.494 e. The van der Waals surface area contributed by atoms with Gasteiger partial charge in [0, 0.05) is 31.9 Å². The zero-order valence-corrected chi connectivity index (χ0v) is 15.1. The average Bonchev–Trinajstić information content (AvgIpc) is 2.57. The van der Waals surface area contributed by atoms with Crippen LogP contribution in [0.1, 0.15) is 31.2 Å². The second kappa shape index (κ2) is 14.9. The summed E-state index contributed by atoms with van der Waals surface area (Å²) in [6.07, 6.45) is 3.47. The summed E-state index contributed by atoms with van der Waals surface area (Å²) in [6.45, 7) is 2.07. The number of hydrogen-bond donors (Lipinski definition) is 2. The molecule has 0 saturated heterocycles. The van der Waals surface area contributed by atoms with Crippen molar-refractivity contribution in [3.8, 4) is 5.75 Å². The van der Waals surface area contributed by atoms with E-state index in [1.807, 2.05) is 0 Å². The molecule has 0 aliphatic carbocycles. The van der Waals surface area contributed by atoms with Gasteiger partial charge in [0.1, 0.15) is 18.2 Å². The predicted molar refractivity (Wildman–Crippen MR) is 94.8 cm³/mol. The van der Waals surface area contributed by atoms with Gasteiger partial charge in [-0.2, -0.15) is 0 Å². The normalized spacial score (nSPS) is 10.3. The number of carboxylic acid groups (broad SMARTS) is 1. The van der Waals surface area contributed by atoms with Crippen LogP contribution >= 0.6 is 12.4 Å². The van der Waals surface area contributed by atoms with E-state index < -0.39 is 5.97 Å². The quantitative estimate of drug-likeness (QED) is 0.483. The molecular weight excluding hydrogens is 353 g/mol. The molecule has 25 heavy (non-hydrogen) atoms. The molecule has 0 bridgehead atoms. The lowest BCUT2D eigenvalue weighted by molar-refractivity contribution is -0.142. The second-order valence-electron chi connectivity index (χ2n) is 5.28. The van der Waals surface area contributed by atoms with E-state index in [-0.39, 0.29) is 31.4 Å². The first-order chi connectivity index (χ1) is 11.6. The monoisotopic (exact) mass is 379 g/mol. The molecule has 0 aromatic heterocycles. The van der Waals surface area contributed by atoms with E-state index in [1.165, 1.54) is 6.07 Å².